The summed E-state index contributed by atoms with van der Waals surface area (Å²) in [5.74, 6) is -0.714. The van der Waals surface area contributed by atoms with Crippen molar-refractivity contribution in [2.24, 2.45) is 0 Å². The second kappa shape index (κ2) is 7.62. The van der Waals surface area contributed by atoms with Gasteiger partial charge in [-0.1, -0.05) is 23.5 Å². The van der Waals surface area contributed by atoms with Crippen LogP contribution in [0.25, 0.3) is 0 Å². The van der Waals surface area contributed by atoms with Crippen molar-refractivity contribution in [3.05, 3.63) is 40.4 Å². The van der Waals surface area contributed by atoms with Gasteiger partial charge in [-0.15, -0.1) is 0 Å². The SMILES string of the molecule is COC(=O)Nc1nc2c(s1)CN(S(=O)(=O)c1ccccc1C(=O)OC)CC2. The lowest BCUT2D eigenvalue weighted by Crippen LogP contribution is -2.36. The highest BCUT2D eigenvalue weighted by Crippen LogP contribution is 2.32. The van der Waals surface area contributed by atoms with E-state index in [1.165, 1.54) is 42.0 Å². The Balaban J connectivity index is 1.88. The van der Waals surface area contributed by atoms with E-state index >= 15 is 0 Å². The number of esters is 1. The maximum Gasteiger partial charge on any atom is 0.413 e. The molecule has 9 nitrogen and oxygen atoms in total. The highest BCUT2D eigenvalue weighted by Gasteiger charge is 2.33. The number of benzene rings is 1. The molecule has 27 heavy (non-hydrogen) atoms. The third-order valence-electron chi connectivity index (χ3n) is 4.00. The zero-order chi connectivity index (χ0) is 19.6. The van der Waals surface area contributed by atoms with Crippen LogP contribution in [-0.2, 0) is 32.5 Å². The number of methoxy groups -OCH3 is 2. The molecular formula is C16H17N3O6S2. The summed E-state index contributed by atoms with van der Waals surface area (Å²) >= 11 is 1.19. The summed E-state index contributed by atoms with van der Waals surface area (Å²) in [6.07, 6.45) is -0.244. The molecule has 0 saturated carbocycles. The van der Waals surface area contributed by atoms with Gasteiger partial charge in [-0.25, -0.2) is 23.0 Å². The molecule has 0 aliphatic carbocycles. The van der Waals surface area contributed by atoms with Crippen LogP contribution in [0, 0.1) is 0 Å². The fourth-order valence-electron chi connectivity index (χ4n) is 2.68. The molecule has 1 aromatic carbocycles. The first kappa shape index (κ1) is 19.3. The molecule has 144 valence electrons. The highest BCUT2D eigenvalue weighted by atomic mass is 32.2. The largest absolute Gasteiger partial charge is 0.465 e. The number of sulfonamides is 1. The number of amides is 1. The van der Waals surface area contributed by atoms with E-state index in [0.29, 0.717) is 11.6 Å². The monoisotopic (exact) mass is 411 g/mol. The minimum Gasteiger partial charge on any atom is -0.465 e. The summed E-state index contributed by atoms with van der Waals surface area (Å²) in [6.45, 7) is 0.319. The van der Waals surface area contributed by atoms with Crippen LogP contribution < -0.4 is 5.32 Å². The average molecular weight is 411 g/mol. The van der Waals surface area contributed by atoms with Crippen molar-refractivity contribution in [1.29, 1.82) is 0 Å². The second-order valence-electron chi connectivity index (χ2n) is 5.58. The number of fused-ring (bicyclic) bond motifs is 1. The lowest BCUT2D eigenvalue weighted by atomic mass is 10.2. The van der Waals surface area contributed by atoms with Crippen molar-refractivity contribution >= 4 is 38.6 Å². The van der Waals surface area contributed by atoms with E-state index in [-0.39, 0.29) is 23.5 Å². The van der Waals surface area contributed by atoms with Crippen LogP contribution in [0.2, 0.25) is 0 Å². The van der Waals surface area contributed by atoms with Gasteiger partial charge < -0.3 is 9.47 Å². The number of nitrogens with one attached hydrogen (secondary N) is 1. The van der Waals surface area contributed by atoms with Gasteiger partial charge in [-0.2, -0.15) is 4.31 Å². The number of ether oxygens (including phenoxy) is 2. The Hall–Kier alpha value is -2.50. The lowest BCUT2D eigenvalue weighted by Gasteiger charge is -2.26. The fraction of sp³-hybridized carbons (Fsp3) is 0.312. The van der Waals surface area contributed by atoms with Crippen molar-refractivity contribution in [3.8, 4) is 0 Å². The molecule has 11 heteroatoms. The number of carbonyl (C=O) groups excluding carboxylic acids is 2. The smallest absolute Gasteiger partial charge is 0.413 e. The normalized spacial score (nSPS) is 14.3. The van der Waals surface area contributed by atoms with Gasteiger partial charge in [0.15, 0.2) is 5.13 Å². The standard InChI is InChI=1S/C16H17N3O6S2/c1-24-14(20)10-5-3-4-6-13(10)27(22,23)19-8-7-11-12(9-19)26-15(17-11)18-16(21)25-2/h3-6H,7-9H2,1-2H3,(H,17,18,21). The summed E-state index contributed by atoms with van der Waals surface area (Å²) in [7, 11) is -1.46. The Bertz CT molecular complexity index is 986. The number of hydrogen-bond donors (Lipinski definition) is 1. The van der Waals surface area contributed by atoms with Gasteiger partial charge in [0, 0.05) is 17.8 Å². The molecule has 3 rings (SSSR count). The molecule has 0 bridgehead atoms. The van der Waals surface area contributed by atoms with E-state index in [4.69, 9.17) is 0 Å². The van der Waals surface area contributed by atoms with E-state index < -0.39 is 22.1 Å². The zero-order valence-corrected chi connectivity index (χ0v) is 16.2. The zero-order valence-electron chi connectivity index (χ0n) is 14.6. The van der Waals surface area contributed by atoms with E-state index in [2.05, 4.69) is 19.8 Å². The lowest BCUT2D eigenvalue weighted by molar-refractivity contribution is 0.0596. The predicted octanol–water partition coefficient (Wildman–Crippen LogP) is 1.85. The Kier molecular flexibility index (Phi) is 5.44. The Morgan fingerprint density at radius 1 is 1.22 bits per heavy atom. The number of nitrogens with zero attached hydrogens (tertiary/aromatic N) is 2. The third-order valence-corrected chi connectivity index (χ3v) is 6.90. The number of carbonyl (C=O) groups is 2. The van der Waals surface area contributed by atoms with Crippen LogP contribution in [0.5, 0.6) is 0 Å². The Morgan fingerprint density at radius 2 is 1.96 bits per heavy atom. The van der Waals surface area contributed by atoms with Crippen LogP contribution in [0.1, 0.15) is 20.9 Å². The summed E-state index contributed by atoms with van der Waals surface area (Å²) < 4.78 is 36.7. The molecule has 2 aromatic rings. The first-order valence-corrected chi connectivity index (χ1v) is 10.1. The van der Waals surface area contributed by atoms with Crippen LogP contribution in [0.15, 0.2) is 29.2 Å². The molecule has 1 aliphatic rings. The van der Waals surface area contributed by atoms with Crippen molar-refractivity contribution < 1.29 is 27.5 Å². The number of hydrogen-bond acceptors (Lipinski definition) is 8. The van der Waals surface area contributed by atoms with Gasteiger partial charge in [0.05, 0.1) is 36.9 Å². The van der Waals surface area contributed by atoms with Crippen LogP contribution in [-0.4, -0.2) is 50.5 Å². The van der Waals surface area contributed by atoms with E-state index in [9.17, 15) is 18.0 Å². The minimum atomic E-state index is -3.91. The number of anilines is 1. The third kappa shape index (κ3) is 3.80. The molecule has 0 spiro atoms. The Morgan fingerprint density at radius 3 is 2.67 bits per heavy atom. The first-order valence-electron chi connectivity index (χ1n) is 7.88. The first-order chi connectivity index (χ1) is 12.9. The van der Waals surface area contributed by atoms with Crippen molar-refractivity contribution in [1.82, 2.24) is 9.29 Å². The highest BCUT2D eigenvalue weighted by molar-refractivity contribution is 7.89. The molecular weight excluding hydrogens is 394 g/mol. The molecule has 0 atom stereocenters. The summed E-state index contributed by atoms with van der Waals surface area (Å²) in [5.41, 5.74) is 0.724. The molecule has 1 N–H and O–H groups in total. The number of aromatic nitrogens is 1. The molecule has 0 radical (unpaired) electrons. The summed E-state index contributed by atoms with van der Waals surface area (Å²) in [4.78, 5) is 28.2. The summed E-state index contributed by atoms with van der Waals surface area (Å²) in [5, 5.41) is 2.83. The quantitative estimate of drug-likeness (QED) is 0.764. The van der Waals surface area contributed by atoms with Gasteiger partial charge in [0.25, 0.3) is 0 Å². The van der Waals surface area contributed by atoms with Gasteiger partial charge >= 0.3 is 12.1 Å². The Labute approximate surface area is 160 Å². The van der Waals surface area contributed by atoms with E-state index in [1.54, 1.807) is 12.1 Å². The van der Waals surface area contributed by atoms with Crippen molar-refractivity contribution in [3.63, 3.8) is 0 Å². The summed E-state index contributed by atoms with van der Waals surface area (Å²) in [6, 6.07) is 5.93. The van der Waals surface area contributed by atoms with E-state index in [1.807, 2.05) is 0 Å². The van der Waals surface area contributed by atoms with Gasteiger partial charge in [-0.05, 0) is 12.1 Å². The molecule has 0 unspecified atom stereocenters. The van der Waals surface area contributed by atoms with Gasteiger partial charge in [0.1, 0.15) is 0 Å². The van der Waals surface area contributed by atoms with Crippen molar-refractivity contribution in [2.45, 2.75) is 17.9 Å². The fourth-order valence-corrected chi connectivity index (χ4v) is 5.36. The van der Waals surface area contributed by atoms with Crippen LogP contribution in [0.3, 0.4) is 0 Å². The maximum atomic E-state index is 13.1. The second-order valence-corrected chi connectivity index (χ2v) is 8.57. The van der Waals surface area contributed by atoms with Crippen molar-refractivity contribution in [2.75, 3.05) is 26.1 Å². The predicted molar refractivity (Wildman–Crippen MR) is 97.2 cm³/mol. The molecule has 1 amide bonds. The molecule has 0 saturated heterocycles. The maximum absolute atomic E-state index is 13.1. The van der Waals surface area contributed by atoms with Gasteiger partial charge in [-0.3, -0.25) is 5.32 Å². The van der Waals surface area contributed by atoms with E-state index in [0.717, 1.165) is 10.6 Å². The van der Waals surface area contributed by atoms with Gasteiger partial charge in [0.2, 0.25) is 10.0 Å². The molecule has 1 aromatic heterocycles. The molecule has 1 aliphatic heterocycles. The topological polar surface area (TPSA) is 115 Å². The molecule has 2 heterocycles. The van der Waals surface area contributed by atoms with Crippen LogP contribution in [0.4, 0.5) is 9.93 Å². The average Bonchev–Trinajstić information content (AvgIpc) is 3.08. The minimum absolute atomic E-state index is 0.0110. The number of rotatable bonds is 4. The number of thiazole rings is 1. The molecule has 0 fully saturated rings. The van der Waals surface area contributed by atoms with Crippen LogP contribution >= 0.6 is 11.3 Å².